The summed E-state index contributed by atoms with van der Waals surface area (Å²) in [6.07, 6.45) is -1.42. The molecule has 158 valence electrons. The van der Waals surface area contributed by atoms with Gasteiger partial charge >= 0.3 is 6.18 Å². The Morgan fingerprint density at radius 1 is 1.03 bits per heavy atom. The highest BCUT2D eigenvalue weighted by Crippen LogP contribution is 2.33. The molecule has 0 atom stereocenters. The number of rotatable bonds is 6. The summed E-state index contributed by atoms with van der Waals surface area (Å²) < 4.78 is 47.6. The van der Waals surface area contributed by atoms with Gasteiger partial charge in [-0.15, -0.1) is 0 Å². The molecule has 2 aromatic carbocycles. The second kappa shape index (κ2) is 7.57. The van der Waals surface area contributed by atoms with Crippen LogP contribution >= 0.6 is 0 Å². The summed E-state index contributed by atoms with van der Waals surface area (Å²) in [6.45, 7) is 0.380. The summed E-state index contributed by atoms with van der Waals surface area (Å²) >= 11 is 0. The number of benzene rings is 2. The van der Waals surface area contributed by atoms with Gasteiger partial charge in [-0.05, 0) is 30.5 Å². The quantitative estimate of drug-likeness (QED) is 0.472. The van der Waals surface area contributed by atoms with Crippen LogP contribution < -0.4 is 10.1 Å². The lowest BCUT2D eigenvalue weighted by Gasteiger charge is -2.12. The first kappa shape index (κ1) is 19.3. The third-order valence-electron chi connectivity index (χ3n) is 4.91. The van der Waals surface area contributed by atoms with Crippen molar-refractivity contribution in [2.45, 2.75) is 31.7 Å². The van der Waals surface area contributed by atoms with Gasteiger partial charge in [0.1, 0.15) is 18.7 Å². The van der Waals surface area contributed by atoms with Gasteiger partial charge in [-0.3, -0.25) is 4.57 Å². The lowest BCUT2D eigenvalue weighted by molar-refractivity contribution is -0.144. The van der Waals surface area contributed by atoms with Gasteiger partial charge in [-0.25, -0.2) is 15.0 Å². The molecular weight excluding hydrogens is 407 g/mol. The molecule has 0 saturated heterocycles. The number of hydrogen-bond donors (Lipinski definition) is 1. The van der Waals surface area contributed by atoms with Crippen LogP contribution in [0.4, 0.5) is 19.0 Å². The third kappa shape index (κ3) is 4.16. The van der Waals surface area contributed by atoms with E-state index in [1.165, 1.54) is 10.9 Å². The Bertz CT molecular complexity index is 1220. The molecule has 0 radical (unpaired) electrons. The molecular formula is C22H18F3N5O. The van der Waals surface area contributed by atoms with Crippen LogP contribution in [0.25, 0.3) is 16.9 Å². The molecule has 4 aromatic rings. The first-order chi connectivity index (χ1) is 15.0. The standard InChI is InChI=1S/C22H18F3N5O/c23-22(24,25)21-28-19(27-15-9-10-15)18-20(29-21)30(13-26-18)16-7-4-8-17(11-16)31-12-14-5-2-1-3-6-14/h1-8,11,13,15H,9-10,12H2,(H,27,28,29). The number of aromatic nitrogens is 4. The molecule has 1 aliphatic carbocycles. The predicted octanol–water partition coefficient (Wildman–Crippen LogP) is 4.99. The molecule has 0 unspecified atom stereocenters. The van der Waals surface area contributed by atoms with Gasteiger partial charge in [-0.1, -0.05) is 36.4 Å². The van der Waals surface area contributed by atoms with E-state index >= 15 is 0 Å². The lowest BCUT2D eigenvalue weighted by atomic mass is 10.2. The molecule has 31 heavy (non-hydrogen) atoms. The Morgan fingerprint density at radius 2 is 1.84 bits per heavy atom. The molecule has 9 heteroatoms. The number of alkyl halides is 3. The monoisotopic (exact) mass is 425 g/mol. The smallest absolute Gasteiger partial charge is 0.451 e. The van der Waals surface area contributed by atoms with E-state index in [4.69, 9.17) is 4.74 Å². The zero-order valence-electron chi connectivity index (χ0n) is 16.3. The Kier molecular flexibility index (Phi) is 4.72. The number of halogens is 3. The molecule has 1 saturated carbocycles. The van der Waals surface area contributed by atoms with Crippen molar-refractivity contribution >= 4 is 17.0 Å². The second-order valence-electron chi connectivity index (χ2n) is 7.37. The Hall–Kier alpha value is -3.62. The Morgan fingerprint density at radius 3 is 2.58 bits per heavy atom. The van der Waals surface area contributed by atoms with E-state index in [2.05, 4.69) is 20.3 Å². The van der Waals surface area contributed by atoms with Gasteiger partial charge in [0.25, 0.3) is 0 Å². The molecule has 1 aliphatic rings. The van der Waals surface area contributed by atoms with E-state index in [-0.39, 0.29) is 17.5 Å². The highest BCUT2D eigenvalue weighted by Gasteiger charge is 2.37. The summed E-state index contributed by atoms with van der Waals surface area (Å²) in [5.41, 5.74) is 2.00. The fourth-order valence-corrected chi connectivity index (χ4v) is 3.20. The fraction of sp³-hybridized carbons (Fsp3) is 0.227. The summed E-state index contributed by atoms with van der Waals surface area (Å²) in [7, 11) is 0. The summed E-state index contributed by atoms with van der Waals surface area (Å²) in [5.74, 6) is -0.499. The highest BCUT2D eigenvalue weighted by molar-refractivity contribution is 5.84. The average molecular weight is 425 g/mol. The molecule has 2 aromatic heterocycles. The maximum absolute atomic E-state index is 13.4. The SMILES string of the molecule is FC(F)(F)c1nc(NC2CC2)c2ncn(-c3cccc(OCc4ccccc4)c3)c2n1. The maximum Gasteiger partial charge on any atom is 0.451 e. The minimum atomic E-state index is -4.66. The van der Waals surface area contributed by atoms with E-state index in [9.17, 15) is 13.2 Å². The Balaban J connectivity index is 1.51. The maximum atomic E-state index is 13.4. The topological polar surface area (TPSA) is 64.9 Å². The van der Waals surface area contributed by atoms with Gasteiger partial charge < -0.3 is 10.1 Å². The van der Waals surface area contributed by atoms with Gasteiger partial charge in [0.15, 0.2) is 17.0 Å². The molecule has 0 spiro atoms. The van der Waals surface area contributed by atoms with Crippen molar-refractivity contribution in [3.63, 3.8) is 0 Å². The zero-order valence-corrected chi connectivity index (χ0v) is 16.3. The third-order valence-corrected chi connectivity index (χ3v) is 4.91. The summed E-state index contributed by atoms with van der Waals surface area (Å²) in [6, 6.07) is 16.9. The second-order valence-corrected chi connectivity index (χ2v) is 7.37. The van der Waals surface area contributed by atoms with Crippen molar-refractivity contribution in [2.75, 3.05) is 5.32 Å². The van der Waals surface area contributed by atoms with E-state index in [0.717, 1.165) is 18.4 Å². The molecule has 6 nitrogen and oxygen atoms in total. The largest absolute Gasteiger partial charge is 0.489 e. The van der Waals surface area contributed by atoms with Crippen LogP contribution in [-0.2, 0) is 12.8 Å². The van der Waals surface area contributed by atoms with Crippen LogP contribution in [0.15, 0.2) is 60.9 Å². The van der Waals surface area contributed by atoms with Crippen molar-refractivity contribution in [1.29, 1.82) is 0 Å². The number of hydrogen-bond acceptors (Lipinski definition) is 5. The van der Waals surface area contributed by atoms with Gasteiger partial charge in [0.05, 0.1) is 5.69 Å². The zero-order chi connectivity index (χ0) is 21.4. The molecule has 5 rings (SSSR count). The van der Waals surface area contributed by atoms with E-state index in [1.807, 2.05) is 30.3 Å². The van der Waals surface area contributed by atoms with Crippen LogP contribution in [0.3, 0.4) is 0 Å². The first-order valence-corrected chi connectivity index (χ1v) is 9.83. The van der Waals surface area contributed by atoms with Gasteiger partial charge in [0.2, 0.25) is 5.82 Å². The van der Waals surface area contributed by atoms with Crippen LogP contribution in [0.5, 0.6) is 5.75 Å². The normalized spacial score (nSPS) is 14.0. The van der Waals surface area contributed by atoms with Crippen LogP contribution in [0.2, 0.25) is 0 Å². The van der Waals surface area contributed by atoms with Crippen LogP contribution in [-0.4, -0.2) is 25.6 Å². The number of imidazole rings is 1. The van der Waals surface area contributed by atoms with Gasteiger partial charge in [-0.2, -0.15) is 13.2 Å². The molecule has 0 amide bonds. The first-order valence-electron chi connectivity index (χ1n) is 9.83. The molecule has 1 fully saturated rings. The predicted molar refractivity (Wildman–Crippen MR) is 109 cm³/mol. The van der Waals surface area contributed by atoms with Crippen molar-refractivity contribution in [2.24, 2.45) is 0 Å². The molecule has 2 heterocycles. The van der Waals surface area contributed by atoms with E-state index in [0.29, 0.717) is 23.6 Å². The summed E-state index contributed by atoms with van der Waals surface area (Å²) in [4.78, 5) is 11.8. The van der Waals surface area contributed by atoms with Crippen molar-refractivity contribution in [3.8, 4) is 11.4 Å². The molecule has 0 bridgehead atoms. The lowest BCUT2D eigenvalue weighted by Crippen LogP contribution is -2.15. The van der Waals surface area contributed by atoms with E-state index < -0.39 is 12.0 Å². The Labute approximate surface area is 175 Å². The number of ether oxygens (including phenoxy) is 1. The molecule has 0 aliphatic heterocycles. The van der Waals surface area contributed by atoms with Gasteiger partial charge in [0, 0.05) is 12.1 Å². The minimum Gasteiger partial charge on any atom is -0.489 e. The highest BCUT2D eigenvalue weighted by atomic mass is 19.4. The van der Waals surface area contributed by atoms with E-state index in [1.54, 1.807) is 24.3 Å². The van der Waals surface area contributed by atoms with Crippen molar-refractivity contribution < 1.29 is 17.9 Å². The fourth-order valence-electron chi connectivity index (χ4n) is 3.20. The average Bonchev–Trinajstić information content (AvgIpc) is 3.47. The van der Waals surface area contributed by atoms with Crippen LogP contribution in [0, 0.1) is 0 Å². The minimum absolute atomic E-state index is 0.0886. The van der Waals surface area contributed by atoms with Crippen molar-refractivity contribution in [3.05, 3.63) is 72.3 Å². The number of fused-ring (bicyclic) bond motifs is 1. The van der Waals surface area contributed by atoms with Crippen molar-refractivity contribution in [1.82, 2.24) is 19.5 Å². The molecule has 1 N–H and O–H groups in total. The van der Waals surface area contributed by atoms with Crippen LogP contribution in [0.1, 0.15) is 24.2 Å². The number of anilines is 1. The number of nitrogens with one attached hydrogen (secondary N) is 1. The summed E-state index contributed by atoms with van der Waals surface area (Å²) in [5, 5.41) is 3.03. The number of nitrogens with zero attached hydrogens (tertiary/aromatic N) is 4.